The smallest absolute Gasteiger partial charge is 0.123 e. The normalized spacial score (nSPS) is 29.1. The summed E-state index contributed by atoms with van der Waals surface area (Å²) in [6.07, 6.45) is 3.76. The first-order valence-corrected chi connectivity index (χ1v) is 7.30. The summed E-state index contributed by atoms with van der Waals surface area (Å²) in [6.45, 7) is 5.36. The second-order valence-electron chi connectivity index (χ2n) is 5.81. The highest BCUT2D eigenvalue weighted by molar-refractivity contribution is 5.46. The van der Waals surface area contributed by atoms with Crippen LogP contribution in [0.5, 0.6) is 11.5 Å². The largest absolute Gasteiger partial charge is 0.497 e. The molecule has 0 saturated carbocycles. The summed E-state index contributed by atoms with van der Waals surface area (Å²) in [4.78, 5) is 0. The molecule has 1 N–H and O–H groups in total. The fourth-order valence-corrected chi connectivity index (χ4v) is 3.77. The molecule has 3 rings (SSSR count). The maximum absolute atomic E-state index is 5.91. The van der Waals surface area contributed by atoms with Crippen molar-refractivity contribution in [1.29, 1.82) is 0 Å². The lowest BCUT2D eigenvalue weighted by atomic mass is 9.69. The van der Waals surface area contributed by atoms with Crippen molar-refractivity contribution in [3.63, 3.8) is 0 Å². The average molecular weight is 261 g/mol. The molecule has 0 spiro atoms. The molecule has 3 heteroatoms. The van der Waals surface area contributed by atoms with Crippen LogP contribution in [0.2, 0.25) is 0 Å². The topological polar surface area (TPSA) is 30.5 Å². The van der Waals surface area contributed by atoms with Crippen molar-refractivity contribution in [2.24, 2.45) is 5.41 Å². The van der Waals surface area contributed by atoms with Crippen molar-refractivity contribution in [2.75, 3.05) is 26.8 Å². The van der Waals surface area contributed by atoms with Gasteiger partial charge in [0.2, 0.25) is 0 Å². The van der Waals surface area contributed by atoms with Crippen molar-refractivity contribution in [3.8, 4) is 11.5 Å². The first kappa shape index (κ1) is 12.8. The summed E-state index contributed by atoms with van der Waals surface area (Å²) in [7, 11) is 1.73. The fourth-order valence-electron chi connectivity index (χ4n) is 3.77. The Bertz CT molecular complexity index is 452. The molecule has 19 heavy (non-hydrogen) atoms. The summed E-state index contributed by atoms with van der Waals surface area (Å²) in [6, 6.07) is 6.21. The molecule has 1 saturated heterocycles. The predicted molar refractivity (Wildman–Crippen MR) is 76.1 cm³/mol. The molecule has 2 unspecified atom stereocenters. The molecule has 1 aromatic rings. The zero-order valence-electron chi connectivity index (χ0n) is 11.9. The highest BCUT2D eigenvalue weighted by atomic mass is 16.5. The van der Waals surface area contributed by atoms with Crippen LogP contribution < -0.4 is 14.8 Å². The summed E-state index contributed by atoms with van der Waals surface area (Å²) in [5.74, 6) is 2.49. The van der Waals surface area contributed by atoms with Crippen LogP contribution in [0.1, 0.15) is 37.7 Å². The SMILES string of the molecule is CCCC1(C2COc3ccc(OC)cc32)CCNC1. The molecule has 1 aromatic carbocycles. The van der Waals surface area contributed by atoms with E-state index in [1.54, 1.807) is 7.11 Å². The Morgan fingerprint density at radius 3 is 3.05 bits per heavy atom. The maximum Gasteiger partial charge on any atom is 0.123 e. The van der Waals surface area contributed by atoms with Crippen LogP contribution in [0.15, 0.2) is 18.2 Å². The minimum atomic E-state index is 0.367. The van der Waals surface area contributed by atoms with Gasteiger partial charge in [0.15, 0.2) is 0 Å². The third kappa shape index (κ3) is 2.10. The number of ether oxygens (including phenoxy) is 2. The van der Waals surface area contributed by atoms with Gasteiger partial charge in [0.25, 0.3) is 0 Å². The molecular weight excluding hydrogens is 238 g/mol. The molecule has 0 bridgehead atoms. The van der Waals surface area contributed by atoms with Gasteiger partial charge in [0.1, 0.15) is 11.5 Å². The van der Waals surface area contributed by atoms with Gasteiger partial charge in [-0.1, -0.05) is 13.3 Å². The minimum absolute atomic E-state index is 0.367. The number of nitrogens with one attached hydrogen (secondary N) is 1. The van der Waals surface area contributed by atoms with Crippen LogP contribution in [0.25, 0.3) is 0 Å². The molecule has 1 fully saturated rings. The van der Waals surface area contributed by atoms with Crippen molar-refractivity contribution in [2.45, 2.75) is 32.1 Å². The Morgan fingerprint density at radius 1 is 1.47 bits per heavy atom. The van der Waals surface area contributed by atoms with E-state index in [0.29, 0.717) is 11.3 Å². The third-order valence-electron chi connectivity index (χ3n) is 4.76. The molecule has 2 heterocycles. The lowest BCUT2D eigenvalue weighted by molar-refractivity contribution is 0.188. The Balaban J connectivity index is 1.95. The second kappa shape index (κ2) is 5.04. The first-order chi connectivity index (χ1) is 9.29. The van der Waals surface area contributed by atoms with Crippen LogP contribution in [-0.2, 0) is 0 Å². The summed E-state index contributed by atoms with van der Waals surface area (Å²) in [5.41, 5.74) is 1.71. The number of benzene rings is 1. The molecule has 2 aliphatic rings. The Kier molecular flexibility index (Phi) is 3.40. The molecule has 2 aliphatic heterocycles. The second-order valence-corrected chi connectivity index (χ2v) is 5.81. The zero-order chi connectivity index (χ0) is 13.3. The van der Waals surface area contributed by atoms with E-state index < -0.39 is 0 Å². The van der Waals surface area contributed by atoms with Crippen molar-refractivity contribution in [1.82, 2.24) is 5.32 Å². The Hall–Kier alpha value is -1.22. The zero-order valence-corrected chi connectivity index (χ0v) is 11.9. The van der Waals surface area contributed by atoms with Gasteiger partial charge in [0, 0.05) is 18.0 Å². The van der Waals surface area contributed by atoms with E-state index in [2.05, 4.69) is 24.4 Å². The van der Waals surface area contributed by atoms with Crippen molar-refractivity contribution < 1.29 is 9.47 Å². The lowest BCUT2D eigenvalue weighted by Crippen LogP contribution is -2.32. The average Bonchev–Trinajstić information content (AvgIpc) is 3.05. The highest BCUT2D eigenvalue weighted by Crippen LogP contribution is 2.50. The van der Waals surface area contributed by atoms with Crippen molar-refractivity contribution >= 4 is 0 Å². The molecule has 0 aromatic heterocycles. The van der Waals surface area contributed by atoms with Gasteiger partial charge in [-0.15, -0.1) is 0 Å². The molecule has 0 aliphatic carbocycles. The maximum atomic E-state index is 5.91. The highest BCUT2D eigenvalue weighted by Gasteiger charge is 2.45. The van der Waals surface area contributed by atoms with Crippen LogP contribution >= 0.6 is 0 Å². The van der Waals surface area contributed by atoms with Crippen LogP contribution in [-0.4, -0.2) is 26.8 Å². The van der Waals surface area contributed by atoms with Gasteiger partial charge in [-0.3, -0.25) is 0 Å². The van der Waals surface area contributed by atoms with Gasteiger partial charge >= 0.3 is 0 Å². The summed E-state index contributed by atoms with van der Waals surface area (Å²) < 4.78 is 11.3. The van der Waals surface area contributed by atoms with Gasteiger partial charge in [0.05, 0.1) is 13.7 Å². The molecule has 104 valence electrons. The van der Waals surface area contributed by atoms with E-state index in [-0.39, 0.29) is 0 Å². The van der Waals surface area contributed by atoms with Gasteiger partial charge in [-0.2, -0.15) is 0 Å². The monoisotopic (exact) mass is 261 g/mol. The van der Waals surface area contributed by atoms with Crippen LogP contribution in [0.3, 0.4) is 0 Å². The van der Waals surface area contributed by atoms with Gasteiger partial charge < -0.3 is 14.8 Å². The van der Waals surface area contributed by atoms with Crippen LogP contribution in [0.4, 0.5) is 0 Å². The molecule has 3 nitrogen and oxygen atoms in total. The number of hydrogen-bond acceptors (Lipinski definition) is 3. The summed E-state index contributed by atoms with van der Waals surface area (Å²) in [5, 5.41) is 3.55. The molecule has 2 atom stereocenters. The van der Waals surface area contributed by atoms with E-state index in [1.165, 1.54) is 24.8 Å². The number of fused-ring (bicyclic) bond motifs is 1. The quantitative estimate of drug-likeness (QED) is 0.904. The third-order valence-corrected chi connectivity index (χ3v) is 4.76. The molecule has 0 amide bonds. The van der Waals surface area contributed by atoms with Crippen molar-refractivity contribution in [3.05, 3.63) is 23.8 Å². The van der Waals surface area contributed by atoms with Gasteiger partial charge in [-0.25, -0.2) is 0 Å². The Morgan fingerprint density at radius 2 is 2.37 bits per heavy atom. The van der Waals surface area contributed by atoms with E-state index in [1.807, 2.05) is 6.07 Å². The van der Waals surface area contributed by atoms with E-state index in [9.17, 15) is 0 Å². The number of rotatable bonds is 4. The summed E-state index contributed by atoms with van der Waals surface area (Å²) >= 11 is 0. The van der Waals surface area contributed by atoms with E-state index in [4.69, 9.17) is 9.47 Å². The predicted octanol–water partition coefficient (Wildman–Crippen LogP) is 2.95. The fraction of sp³-hybridized carbons (Fsp3) is 0.625. The molecular formula is C16H23NO2. The minimum Gasteiger partial charge on any atom is -0.497 e. The standard InChI is InChI=1S/C16H23NO2/c1-3-6-16(7-8-17-11-16)14-10-19-15-5-4-12(18-2)9-13(14)15/h4-5,9,14,17H,3,6-8,10-11H2,1-2H3. The number of hydrogen-bond donors (Lipinski definition) is 1. The van der Waals surface area contributed by atoms with E-state index in [0.717, 1.165) is 31.2 Å². The molecule has 0 radical (unpaired) electrons. The van der Waals surface area contributed by atoms with E-state index >= 15 is 0 Å². The number of methoxy groups -OCH3 is 1. The lowest BCUT2D eigenvalue weighted by Gasteiger charge is -2.34. The van der Waals surface area contributed by atoms with Crippen LogP contribution in [0, 0.1) is 5.41 Å². The Labute approximate surface area is 115 Å². The first-order valence-electron chi connectivity index (χ1n) is 7.30. The van der Waals surface area contributed by atoms with Gasteiger partial charge in [-0.05, 0) is 43.0 Å².